The molecule has 1 aliphatic rings. The lowest BCUT2D eigenvalue weighted by molar-refractivity contribution is 0.100. The monoisotopic (exact) mass is 334 g/mol. The number of rotatable bonds is 5. The van der Waals surface area contributed by atoms with Gasteiger partial charge in [0.15, 0.2) is 0 Å². The molecule has 128 valence electrons. The van der Waals surface area contributed by atoms with E-state index in [1.165, 1.54) is 31.2 Å². The number of aromatic nitrogens is 2. The first-order valence-electron chi connectivity index (χ1n) is 8.82. The molecular formula is C20H22N4O. The zero-order valence-electron chi connectivity index (χ0n) is 14.1. The van der Waals surface area contributed by atoms with Crippen molar-refractivity contribution >= 4 is 16.9 Å². The molecule has 0 saturated heterocycles. The first kappa shape index (κ1) is 15.8. The topological polar surface area (TPSA) is 83.8 Å². The summed E-state index contributed by atoms with van der Waals surface area (Å²) < 4.78 is 0. The second-order valence-electron chi connectivity index (χ2n) is 6.71. The van der Waals surface area contributed by atoms with Gasteiger partial charge in [0.25, 0.3) is 5.91 Å². The highest BCUT2D eigenvalue weighted by Gasteiger charge is 2.14. The third kappa shape index (κ3) is 3.28. The van der Waals surface area contributed by atoms with E-state index in [-0.39, 0.29) is 0 Å². The Balaban J connectivity index is 1.54. The predicted octanol–water partition coefficient (Wildman–Crippen LogP) is 3.36. The molecule has 0 radical (unpaired) electrons. The van der Waals surface area contributed by atoms with Gasteiger partial charge in [0.05, 0.1) is 11.1 Å². The number of hydrogen-bond acceptors (Lipinski definition) is 3. The van der Waals surface area contributed by atoms with Crippen molar-refractivity contribution in [3.63, 3.8) is 0 Å². The number of hydrogen-bond donors (Lipinski definition) is 3. The average Bonchev–Trinajstić information content (AvgIpc) is 3.29. The molecule has 0 spiro atoms. The summed E-state index contributed by atoms with van der Waals surface area (Å²) in [6.07, 6.45) is 5.27. The second kappa shape index (κ2) is 6.69. The summed E-state index contributed by atoms with van der Waals surface area (Å²) in [6, 6.07) is 14.5. The summed E-state index contributed by atoms with van der Waals surface area (Å²) in [5, 5.41) is 3.62. The Hall–Kier alpha value is -2.66. The number of primary amides is 1. The molecule has 1 aliphatic carbocycles. The fourth-order valence-corrected chi connectivity index (χ4v) is 3.54. The smallest absolute Gasteiger partial charge is 0.250 e. The summed E-state index contributed by atoms with van der Waals surface area (Å²) in [7, 11) is 0. The van der Waals surface area contributed by atoms with Crippen LogP contribution >= 0.6 is 0 Å². The molecule has 5 heteroatoms. The molecule has 4 N–H and O–H groups in total. The van der Waals surface area contributed by atoms with Gasteiger partial charge in [-0.1, -0.05) is 43.2 Å². The zero-order valence-corrected chi connectivity index (χ0v) is 14.1. The van der Waals surface area contributed by atoms with Gasteiger partial charge >= 0.3 is 0 Å². The number of para-hydroxylation sites is 1. The van der Waals surface area contributed by atoms with Crippen LogP contribution in [0.5, 0.6) is 0 Å². The van der Waals surface area contributed by atoms with Gasteiger partial charge in [0.1, 0.15) is 11.3 Å². The molecule has 4 rings (SSSR count). The molecule has 0 unspecified atom stereocenters. The number of H-pyrrole nitrogens is 1. The summed E-state index contributed by atoms with van der Waals surface area (Å²) >= 11 is 0. The van der Waals surface area contributed by atoms with Crippen LogP contribution in [0.25, 0.3) is 22.4 Å². The molecule has 1 fully saturated rings. The van der Waals surface area contributed by atoms with Crippen LogP contribution < -0.4 is 11.1 Å². The maximum Gasteiger partial charge on any atom is 0.250 e. The lowest BCUT2D eigenvalue weighted by Crippen LogP contribution is -2.25. The lowest BCUT2D eigenvalue weighted by atomic mass is 10.1. The molecule has 0 bridgehead atoms. The number of fused-ring (bicyclic) bond motifs is 1. The third-order valence-corrected chi connectivity index (χ3v) is 4.96. The maximum absolute atomic E-state index is 11.5. The molecule has 25 heavy (non-hydrogen) atoms. The van der Waals surface area contributed by atoms with E-state index in [2.05, 4.69) is 39.6 Å². The SMILES string of the molecule is NC(=O)c1cccc2[nH]c(-c3ccc(CNC4CCCC4)cc3)nc12. The highest BCUT2D eigenvalue weighted by Crippen LogP contribution is 2.23. The highest BCUT2D eigenvalue weighted by molar-refractivity contribution is 6.04. The normalized spacial score (nSPS) is 15.0. The Morgan fingerprint density at radius 1 is 1.16 bits per heavy atom. The van der Waals surface area contributed by atoms with Crippen molar-refractivity contribution in [1.82, 2.24) is 15.3 Å². The molecule has 1 heterocycles. The van der Waals surface area contributed by atoms with Crippen molar-refractivity contribution in [2.45, 2.75) is 38.3 Å². The van der Waals surface area contributed by atoms with Gasteiger partial charge in [0.2, 0.25) is 0 Å². The van der Waals surface area contributed by atoms with Crippen LogP contribution in [0.1, 0.15) is 41.6 Å². The van der Waals surface area contributed by atoms with Crippen LogP contribution in [0.2, 0.25) is 0 Å². The number of nitrogens with one attached hydrogen (secondary N) is 2. The van der Waals surface area contributed by atoms with Gasteiger partial charge in [-0.05, 0) is 30.5 Å². The largest absolute Gasteiger partial charge is 0.366 e. The number of amides is 1. The Bertz CT molecular complexity index is 892. The van der Waals surface area contributed by atoms with E-state index in [4.69, 9.17) is 5.73 Å². The van der Waals surface area contributed by atoms with Gasteiger partial charge in [-0.15, -0.1) is 0 Å². The van der Waals surface area contributed by atoms with Crippen molar-refractivity contribution in [2.75, 3.05) is 0 Å². The number of carbonyl (C=O) groups excluding carboxylic acids is 1. The van der Waals surface area contributed by atoms with E-state index in [0.29, 0.717) is 17.1 Å². The Morgan fingerprint density at radius 3 is 2.64 bits per heavy atom. The van der Waals surface area contributed by atoms with Gasteiger partial charge in [-0.25, -0.2) is 4.98 Å². The molecule has 1 amide bonds. The number of imidazole rings is 1. The highest BCUT2D eigenvalue weighted by atomic mass is 16.1. The predicted molar refractivity (Wildman–Crippen MR) is 99.1 cm³/mol. The zero-order chi connectivity index (χ0) is 17.2. The van der Waals surface area contributed by atoms with E-state index in [9.17, 15) is 4.79 Å². The van der Waals surface area contributed by atoms with E-state index in [1.807, 2.05) is 12.1 Å². The van der Waals surface area contributed by atoms with Crippen molar-refractivity contribution in [1.29, 1.82) is 0 Å². The van der Waals surface area contributed by atoms with Crippen LogP contribution in [0.15, 0.2) is 42.5 Å². The molecule has 1 aromatic heterocycles. The molecule has 0 aliphatic heterocycles. The van der Waals surface area contributed by atoms with E-state index in [1.54, 1.807) is 6.07 Å². The fourth-order valence-electron chi connectivity index (χ4n) is 3.54. The number of carbonyl (C=O) groups is 1. The quantitative estimate of drug-likeness (QED) is 0.669. The standard InChI is InChI=1S/C20H22N4O/c21-19(25)16-6-3-7-17-18(16)24-20(23-17)14-10-8-13(9-11-14)12-22-15-4-1-2-5-15/h3,6-11,15,22H,1-2,4-5,12H2,(H2,21,25)(H,23,24). The first-order chi connectivity index (χ1) is 12.2. The summed E-state index contributed by atoms with van der Waals surface area (Å²) in [4.78, 5) is 19.4. The second-order valence-corrected chi connectivity index (χ2v) is 6.71. The van der Waals surface area contributed by atoms with Crippen LogP contribution in [0.3, 0.4) is 0 Å². The van der Waals surface area contributed by atoms with Crippen molar-refractivity contribution in [3.05, 3.63) is 53.6 Å². The molecule has 3 aromatic rings. The minimum absolute atomic E-state index is 0.442. The van der Waals surface area contributed by atoms with Gasteiger partial charge in [-0.2, -0.15) is 0 Å². The fraction of sp³-hybridized carbons (Fsp3) is 0.300. The van der Waals surface area contributed by atoms with Crippen LogP contribution in [-0.4, -0.2) is 21.9 Å². The summed E-state index contributed by atoms with van der Waals surface area (Å²) in [5.74, 6) is 0.288. The van der Waals surface area contributed by atoms with E-state index < -0.39 is 5.91 Å². The van der Waals surface area contributed by atoms with Gasteiger partial charge in [-0.3, -0.25) is 4.79 Å². The maximum atomic E-state index is 11.5. The molecule has 1 saturated carbocycles. The molecule has 0 atom stereocenters. The summed E-state index contributed by atoms with van der Waals surface area (Å²) in [6.45, 7) is 0.900. The molecule has 2 aromatic carbocycles. The number of nitrogens with zero attached hydrogens (tertiary/aromatic N) is 1. The van der Waals surface area contributed by atoms with Crippen molar-refractivity contribution < 1.29 is 4.79 Å². The van der Waals surface area contributed by atoms with Crippen LogP contribution in [0.4, 0.5) is 0 Å². The Kier molecular flexibility index (Phi) is 4.24. The minimum atomic E-state index is -0.461. The average molecular weight is 334 g/mol. The Morgan fingerprint density at radius 2 is 1.92 bits per heavy atom. The van der Waals surface area contributed by atoms with Crippen LogP contribution in [0, 0.1) is 0 Å². The van der Waals surface area contributed by atoms with Gasteiger partial charge in [0, 0.05) is 18.2 Å². The number of benzene rings is 2. The van der Waals surface area contributed by atoms with Crippen LogP contribution in [-0.2, 0) is 6.54 Å². The minimum Gasteiger partial charge on any atom is -0.366 e. The van der Waals surface area contributed by atoms with E-state index >= 15 is 0 Å². The van der Waals surface area contributed by atoms with Gasteiger partial charge < -0.3 is 16.0 Å². The first-order valence-corrected chi connectivity index (χ1v) is 8.82. The van der Waals surface area contributed by atoms with Crippen molar-refractivity contribution in [2.24, 2.45) is 5.73 Å². The summed E-state index contributed by atoms with van der Waals surface area (Å²) in [5.41, 5.74) is 9.58. The van der Waals surface area contributed by atoms with Crippen molar-refractivity contribution in [3.8, 4) is 11.4 Å². The Labute approximate surface area is 146 Å². The van der Waals surface area contributed by atoms with E-state index in [0.717, 1.165) is 23.4 Å². The number of nitrogens with two attached hydrogens (primary N) is 1. The lowest BCUT2D eigenvalue weighted by Gasteiger charge is -2.11. The third-order valence-electron chi connectivity index (χ3n) is 4.96. The molecule has 5 nitrogen and oxygen atoms in total. The number of aromatic amines is 1. The molecular weight excluding hydrogens is 312 g/mol.